The minimum absolute atomic E-state index is 0.0314. The number of nitrogens with zero attached hydrogens (tertiary/aromatic N) is 2. The zero-order chi connectivity index (χ0) is 17.8. The van der Waals surface area contributed by atoms with Crippen molar-refractivity contribution in [2.75, 3.05) is 11.9 Å². The summed E-state index contributed by atoms with van der Waals surface area (Å²) in [7, 11) is 0. The van der Waals surface area contributed by atoms with E-state index in [0.29, 0.717) is 17.4 Å². The van der Waals surface area contributed by atoms with E-state index >= 15 is 0 Å². The van der Waals surface area contributed by atoms with E-state index < -0.39 is 18.5 Å². The van der Waals surface area contributed by atoms with E-state index in [9.17, 15) is 9.59 Å². The van der Waals surface area contributed by atoms with Crippen molar-refractivity contribution < 1.29 is 23.3 Å². The number of oxazole rings is 1. The number of carbonyl (C=O) groups is 2. The molecule has 2 aromatic heterocycles. The number of benzene rings is 1. The lowest BCUT2D eigenvalue weighted by molar-refractivity contribution is -0.119. The highest BCUT2D eigenvalue weighted by Gasteiger charge is 2.20. The molecule has 3 aromatic rings. The number of anilines is 1. The zero-order valence-corrected chi connectivity index (χ0v) is 13.6. The molecular formula is C17H15N3O5. The third kappa shape index (κ3) is 3.92. The van der Waals surface area contributed by atoms with Gasteiger partial charge in [0.05, 0.1) is 0 Å². The first-order chi connectivity index (χ1) is 12.0. The molecule has 25 heavy (non-hydrogen) atoms. The van der Waals surface area contributed by atoms with Crippen LogP contribution in [0.25, 0.3) is 11.5 Å². The maximum atomic E-state index is 12.1. The summed E-state index contributed by atoms with van der Waals surface area (Å²) in [5.74, 6) is 0.159. The quantitative estimate of drug-likeness (QED) is 0.711. The molecule has 8 heteroatoms. The van der Waals surface area contributed by atoms with Crippen molar-refractivity contribution in [1.29, 1.82) is 0 Å². The number of esters is 1. The lowest BCUT2D eigenvalue weighted by atomic mass is 10.2. The highest BCUT2D eigenvalue weighted by Crippen LogP contribution is 2.21. The molecule has 1 aromatic carbocycles. The van der Waals surface area contributed by atoms with Crippen molar-refractivity contribution >= 4 is 17.7 Å². The van der Waals surface area contributed by atoms with Gasteiger partial charge in [-0.2, -0.15) is 0 Å². The molecule has 1 N–H and O–H groups in total. The predicted octanol–water partition coefficient (Wildman–Crippen LogP) is 2.74. The normalized spacial score (nSPS) is 10.5. The summed E-state index contributed by atoms with van der Waals surface area (Å²) in [6.45, 7) is 2.83. The van der Waals surface area contributed by atoms with Crippen LogP contribution in [0.5, 0.6) is 0 Å². The Bertz CT molecular complexity index is 898. The Morgan fingerprint density at radius 3 is 2.64 bits per heavy atom. The SMILES string of the molecule is Cc1cc(NC(=O)COC(=O)c2nc(-c3ccccc3)oc2C)no1. The van der Waals surface area contributed by atoms with Crippen LogP contribution in [-0.4, -0.2) is 28.6 Å². The monoisotopic (exact) mass is 341 g/mol. The zero-order valence-electron chi connectivity index (χ0n) is 13.6. The van der Waals surface area contributed by atoms with Crippen molar-refractivity contribution in [1.82, 2.24) is 10.1 Å². The van der Waals surface area contributed by atoms with E-state index in [0.717, 1.165) is 5.56 Å². The largest absolute Gasteiger partial charge is 0.451 e. The van der Waals surface area contributed by atoms with Gasteiger partial charge in [-0.05, 0) is 26.0 Å². The average Bonchev–Trinajstić information content (AvgIpc) is 3.19. The molecule has 0 unspecified atom stereocenters. The average molecular weight is 341 g/mol. The summed E-state index contributed by atoms with van der Waals surface area (Å²) in [5.41, 5.74) is 0.771. The van der Waals surface area contributed by atoms with E-state index in [-0.39, 0.29) is 11.5 Å². The molecule has 8 nitrogen and oxygen atoms in total. The third-order valence-electron chi connectivity index (χ3n) is 3.24. The molecule has 2 heterocycles. The summed E-state index contributed by atoms with van der Waals surface area (Å²) < 4.78 is 15.3. The highest BCUT2D eigenvalue weighted by atomic mass is 16.5. The van der Waals surface area contributed by atoms with Crippen LogP contribution in [-0.2, 0) is 9.53 Å². The minimum atomic E-state index is -0.741. The molecule has 3 rings (SSSR count). The fourth-order valence-electron chi connectivity index (χ4n) is 2.09. The molecule has 128 valence electrons. The molecular weight excluding hydrogens is 326 g/mol. The molecule has 0 fully saturated rings. The van der Waals surface area contributed by atoms with Crippen LogP contribution in [0.4, 0.5) is 5.82 Å². The number of carbonyl (C=O) groups excluding carboxylic acids is 2. The van der Waals surface area contributed by atoms with Crippen LogP contribution in [0.3, 0.4) is 0 Å². The number of amides is 1. The first kappa shape index (κ1) is 16.4. The summed E-state index contributed by atoms with van der Waals surface area (Å²) in [6, 6.07) is 10.7. The smallest absolute Gasteiger partial charge is 0.361 e. The molecule has 1 amide bonds. The first-order valence-corrected chi connectivity index (χ1v) is 7.46. The summed E-state index contributed by atoms with van der Waals surface area (Å²) in [5, 5.41) is 6.07. The molecule has 0 aliphatic heterocycles. The fraction of sp³-hybridized carbons (Fsp3) is 0.176. The predicted molar refractivity (Wildman–Crippen MR) is 86.8 cm³/mol. The second kappa shape index (κ2) is 7.00. The molecule has 0 aliphatic rings. The Morgan fingerprint density at radius 2 is 1.96 bits per heavy atom. The van der Waals surface area contributed by atoms with Gasteiger partial charge < -0.3 is 19.0 Å². The van der Waals surface area contributed by atoms with Crippen molar-refractivity contribution in [2.24, 2.45) is 0 Å². The molecule has 0 aliphatic carbocycles. The van der Waals surface area contributed by atoms with Gasteiger partial charge >= 0.3 is 5.97 Å². The van der Waals surface area contributed by atoms with E-state index in [1.54, 1.807) is 19.9 Å². The van der Waals surface area contributed by atoms with Crippen LogP contribution >= 0.6 is 0 Å². The van der Waals surface area contributed by atoms with Crippen molar-refractivity contribution in [3.8, 4) is 11.5 Å². The number of aryl methyl sites for hydroxylation is 2. The van der Waals surface area contributed by atoms with Gasteiger partial charge in [-0.25, -0.2) is 9.78 Å². The van der Waals surface area contributed by atoms with Crippen molar-refractivity contribution in [3.63, 3.8) is 0 Å². The number of rotatable bonds is 5. The van der Waals surface area contributed by atoms with E-state index in [4.69, 9.17) is 13.7 Å². The van der Waals surface area contributed by atoms with Gasteiger partial charge in [-0.1, -0.05) is 23.4 Å². The maximum Gasteiger partial charge on any atom is 0.361 e. The highest BCUT2D eigenvalue weighted by molar-refractivity contribution is 5.94. The fourth-order valence-corrected chi connectivity index (χ4v) is 2.09. The van der Waals surface area contributed by atoms with Gasteiger partial charge in [0.25, 0.3) is 5.91 Å². The number of aromatic nitrogens is 2. The van der Waals surface area contributed by atoms with E-state index in [1.165, 1.54) is 0 Å². The maximum absolute atomic E-state index is 12.1. The Labute approximate surface area is 142 Å². The molecule has 0 saturated carbocycles. The van der Waals surface area contributed by atoms with Gasteiger partial charge in [0.2, 0.25) is 5.89 Å². The Balaban J connectivity index is 1.61. The van der Waals surface area contributed by atoms with Gasteiger partial charge in [0.1, 0.15) is 11.5 Å². The molecule has 0 atom stereocenters. The topological polar surface area (TPSA) is 107 Å². The Hall–Kier alpha value is -3.42. The number of hydrogen-bond donors (Lipinski definition) is 1. The van der Waals surface area contributed by atoms with Gasteiger partial charge in [0, 0.05) is 11.6 Å². The molecule has 0 radical (unpaired) electrons. The lowest BCUT2D eigenvalue weighted by Crippen LogP contribution is -2.21. The van der Waals surface area contributed by atoms with Crippen LogP contribution in [0.15, 0.2) is 45.3 Å². The summed E-state index contributed by atoms with van der Waals surface area (Å²) in [6.07, 6.45) is 0. The van der Waals surface area contributed by atoms with Crippen LogP contribution in [0.1, 0.15) is 22.0 Å². The van der Waals surface area contributed by atoms with Crippen molar-refractivity contribution in [2.45, 2.75) is 13.8 Å². The summed E-state index contributed by atoms with van der Waals surface area (Å²) >= 11 is 0. The molecule has 0 spiro atoms. The van der Waals surface area contributed by atoms with E-state index in [1.807, 2.05) is 30.3 Å². The standard InChI is InChI=1S/C17H15N3O5/c1-10-8-13(20-25-10)18-14(21)9-23-17(22)15-11(2)24-16(19-15)12-6-4-3-5-7-12/h3-8H,9H2,1-2H3,(H,18,20,21). The third-order valence-corrected chi connectivity index (χ3v) is 3.24. The van der Waals surface area contributed by atoms with Crippen LogP contribution in [0, 0.1) is 13.8 Å². The van der Waals surface area contributed by atoms with Gasteiger partial charge in [0.15, 0.2) is 18.1 Å². The van der Waals surface area contributed by atoms with Gasteiger partial charge in [-0.3, -0.25) is 4.79 Å². The minimum Gasteiger partial charge on any atom is -0.451 e. The number of nitrogens with one attached hydrogen (secondary N) is 1. The Morgan fingerprint density at radius 1 is 1.20 bits per heavy atom. The second-order valence-electron chi connectivity index (χ2n) is 5.24. The Kier molecular flexibility index (Phi) is 4.60. The van der Waals surface area contributed by atoms with Crippen LogP contribution in [0.2, 0.25) is 0 Å². The lowest BCUT2D eigenvalue weighted by Gasteiger charge is -2.02. The van der Waals surface area contributed by atoms with Crippen molar-refractivity contribution in [3.05, 3.63) is 53.6 Å². The first-order valence-electron chi connectivity index (χ1n) is 7.46. The molecule has 0 saturated heterocycles. The second-order valence-corrected chi connectivity index (χ2v) is 5.24. The number of ether oxygens (including phenoxy) is 1. The van der Waals surface area contributed by atoms with Gasteiger partial charge in [-0.15, -0.1) is 0 Å². The van der Waals surface area contributed by atoms with E-state index in [2.05, 4.69) is 15.5 Å². The summed E-state index contributed by atoms with van der Waals surface area (Å²) in [4.78, 5) is 28.0. The number of hydrogen-bond acceptors (Lipinski definition) is 7. The molecule has 0 bridgehead atoms. The van der Waals surface area contributed by atoms with Crippen LogP contribution < -0.4 is 5.32 Å².